The highest BCUT2D eigenvalue weighted by Gasteiger charge is 2.20. The summed E-state index contributed by atoms with van der Waals surface area (Å²) in [5, 5.41) is 0. The Morgan fingerprint density at radius 1 is 0.760 bits per heavy atom. The van der Waals surface area contributed by atoms with Gasteiger partial charge in [0.2, 0.25) is 0 Å². The molecule has 0 bridgehead atoms. The monoisotopic (exact) mass is 329 g/mol. The van der Waals surface area contributed by atoms with E-state index in [9.17, 15) is 0 Å². The van der Waals surface area contributed by atoms with Gasteiger partial charge in [-0.3, -0.25) is 4.90 Å². The number of likely N-dealkylation sites (tertiary alicyclic amines) is 1. The molecule has 2 aromatic carbocycles. The van der Waals surface area contributed by atoms with Crippen LogP contribution >= 0.6 is 0 Å². The van der Waals surface area contributed by atoms with Crippen molar-refractivity contribution in [3.05, 3.63) is 72.8 Å². The molecular formula is C22H23N3. The van der Waals surface area contributed by atoms with Gasteiger partial charge in [0.15, 0.2) is 0 Å². The summed E-state index contributed by atoms with van der Waals surface area (Å²) < 4.78 is 0. The average Bonchev–Trinajstić information content (AvgIpc) is 2.69. The summed E-state index contributed by atoms with van der Waals surface area (Å²) in [6.07, 6.45) is 9.17. The topological polar surface area (TPSA) is 29.0 Å². The van der Waals surface area contributed by atoms with Crippen LogP contribution in [0.15, 0.2) is 67.3 Å². The molecule has 25 heavy (non-hydrogen) atoms. The Morgan fingerprint density at radius 2 is 1.32 bits per heavy atom. The lowest BCUT2D eigenvalue weighted by atomic mass is 9.94. The number of aromatic nitrogens is 2. The number of hydrogen-bond donors (Lipinski definition) is 0. The van der Waals surface area contributed by atoms with Crippen molar-refractivity contribution in [2.24, 2.45) is 0 Å². The summed E-state index contributed by atoms with van der Waals surface area (Å²) in [6.45, 7) is 1.21. The third-order valence-electron chi connectivity index (χ3n) is 5.18. The van der Waals surface area contributed by atoms with Crippen LogP contribution in [0.4, 0.5) is 0 Å². The molecule has 1 aromatic heterocycles. The third kappa shape index (κ3) is 3.47. The predicted molar refractivity (Wildman–Crippen MR) is 102 cm³/mol. The van der Waals surface area contributed by atoms with E-state index in [0.717, 1.165) is 11.1 Å². The molecule has 3 heteroatoms. The smallest absolute Gasteiger partial charge is 0.115 e. The molecule has 0 spiro atoms. The van der Waals surface area contributed by atoms with Gasteiger partial charge in [0.05, 0.1) is 0 Å². The minimum absolute atomic E-state index is 0.572. The van der Waals surface area contributed by atoms with Crippen molar-refractivity contribution in [3.63, 3.8) is 0 Å². The fourth-order valence-electron chi connectivity index (χ4n) is 3.70. The summed E-state index contributed by atoms with van der Waals surface area (Å²) in [5.41, 5.74) is 6.13. The zero-order valence-electron chi connectivity index (χ0n) is 14.6. The molecule has 1 atom stereocenters. The maximum Gasteiger partial charge on any atom is 0.115 e. The number of nitrogens with zero attached hydrogens (tertiary/aromatic N) is 3. The van der Waals surface area contributed by atoms with Crippen LogP contribution in [0, 0.1) is 0 Å². The van der Waals surface area contributed by atoms with E-state index in [1.54, 1.807) is 6.33 Å². The Kier molecular flexibility index (Phi) is 4.57. The number of piperidine rings is 1. The first-order valence-corrected chi connectivity index (χ1v) is 8.97. The lowest BCUT2D eigenvalue weighted by molar-refractivity contribution is 0.187. The predicted octanol–water partition coefficient (Wildman–Crippen LogP) is 4.97. The Bertz CT molecular complexity index is 810. The molecule has 1 aliphatic heterocycles. The third-order valence-corrected chi connectivity index (χ3v) is 5.18. The molecule has 4 rings (SSSR count). The molecule has 2 heterocycles. The van der Waals surface area contributed by atoms with Crippen LogP contribution in [0.3, 0.4) is 0 Å². The van der Waals surface area contributed by atoms with Gasteiger partial charge in [-0.15, -0.1) is 0 Å². The van der Waals surface area contributed by atoms with Crippen molar-refractivity contribution < 1.29 is 0 Å². The van der Waals surface area contributed by atoms with Gasteiger partial charge in [-0.05, 0) is 48.7 Å². The minimum Gasteiger partial charge on any atom is -0.299 e. The van der Waals surface area contributed by atoms with Crippen LogP contribution in [-0.2, 0) is 0 Å². The van der Waals surface area contributed by atoms with Crippen LogP contribution in [0.25, 0.3) is 22.3 Å². The van der Waals surface area contributed by atoms with Crippen molar-refractivity contribution in [1.82, 2.24) is 14.9 Å². The van der Waals surface area contributed by atoms with E-state index >= 15 is 0 Å². The summed E-state index contributed by atoms with van der Waals surface area (Å²) in [5.74, 6) is 0. The first kappa shape index (κ1) is 16.0. The number of hydrogen-bond acceptors (Lipinski definition) is 3. The van der Waals surface area contributed by atoms with Gasteiger partial charge in [0, 0.05) is 24.0 Å². The molecule has 0 N–H and O–H groups in total. The summed E-state index contributed by atoms with van der Waals surface area (Å²) in [4.78, 5) is 10.7. The lowest BCUT2D eigenvalue weighted by Gasteiger charge is -2.32. The SMILES string of the molecule is CN1CCCCC1c1ccc(-c2ccc(-c3cncnc3)cc2)cc1. The minimum atomic E-state index is 0.572. The largest absolute Gasteiger partial charge is 0.299 e. The summed E-state index contributed by atoms with van der Waals surface area (Å²) >= 11 is 0. The maximum absolute atomic E-state index is 4.09. The summed E-state index contributed by atoms with van der Waals surface area (Å²) in [6, 6.07) is 18.3. The zero-order valence-corrected chi connectivity index (χ0v) is 14.6. The highest BCUT2D eigenvalue weighted by atomic mass is 15.1. The molecule has 3 aromatic rings. The standard InChI is InChI=1S/C22H23N3/c1-25-13-3-2-4-22(25)20-11-9-18(10-12-20)17-5-7-19(8-6-17)21-14-23-16-24-15-21/h5-12,14-16,22H,2-4,13H2,1H3. The van der Waals surface area contributed by atoms with Gasteiger partial charge in [0.1, 0.15) is 6.33 Å². The van der Waals surface area contributed by atoms with E-state index < -0.39 is 0 Å². The fourth-order valence-corrected chi connectivity index (χ4v) is 3.70. The van der Waals surface area contributed by atoms with E-state index in [1.807, 2.05) is 12.4 Å². The molecule has 1 unspecified atom stereocenters. The normalized spacial score (nSPS) is 18.2. The van der Waals surface area contributed by atoms with Crippen molar-refractivity contribution >= 4 is 0 Å². The van der Waals surface area contributed by atoms with Crippen LogP contribution in [-0.4, -0.2) is 28.5 Å². The molecule has 0 aliphatic carbocycles. The highest BCUT2D eigenvalue weighted by Crippen LogP contribution is 2.31. The molecule has 3 nitrogen and oxygen atoms in total. The van der Waals surface area contributed by atoms with E-state index in [-0.39, 0.29) is 0 Å². The Morgan fingerprint density at radius 3 is 1.92 bits per heavy atom. The van der Waals surface area contributed by atoms with E-state index in [2.05, 4.69) is 70.4 Å². The van der Waals surface area contributed by atoms with Crippen LogP contribution in [0.5, 0.6) is 0 Å². The molecule has 126 valence electrons. The van der Waals surface area contributed by atoms with E-state index in [1.165, 1.54) is 42.5 Å². The van der Waals surface area contributed by atoms with Gasteiger partial charge in [0.25, 0.3) is 0 Å². The Labute approximate surface area is 149 Å². The highest BCUT2D eigenvalue weighted by molar-refractivity contribution is 5.69. The molecule has 0 saturated carbocycles. The van der Waals surface area contributed by atoms with Crippen LogP contribution < -0.4 is 0 Å². The van der Waals surface area contributed by atoms with Gasteiger partial charge >= 0.3 is 0 Å². The summed E-state index contributed by atoms with van der Waals surface area (Å²) in [7, 11) is 2.24. The Hall–Kier alpha value is -2.52. The molecule has 1 saturated heterocycles. The van der Waals surface area contributed by atoms with Gasteiger partial charge in [-0.25, -0.2) is 9.97 Å². The quantitative estimate of drug-likeness (QED) is 0.679. The second-order valence-corrected chi connectivity index (χ2v) is 6.82. The van der Waals surface area contributed by atoms with Gasteiger partial charge < -0.3 is 0 Å². The maximum atomic E-state index is 4.09. The molecule has 0 radical (unpaired) electrons. The van der Waals surface area contributed by atoms with Gasteiger partial charge in [-0.2, -0.15) is 0 Å². The first-order valence-electron chi connectivity index (χ1n) is 8.97. The second kappa shape index (κ2) is 7.16. The van der Waals surface area contributed by atoms with Gasteiger partial charge in [-0.1, -0.05) is 55.0 Å². The van der Waals surface area contributed by atoms with Crippen LogP contribution in [0.2, 0.25) is 0 Å². The lowest BCUT2D eigenvalue weighted by Crippen LogP contribution is -2.29. The van der Waals surface area contributed by atoms with Crippen molar-refractivity contribution in [1.29, 1.82) is 0 Å². The number of rotatable bonds is 3. The van der Waals surface area contributed by atoms with Crippen molar-refractivity contribution in [2.45, 2.75) is 25.3 Å². The molecule has 1 fully saturated rings. The average molecular weight is 329 g/mol. The Balaban J connectivity index is 1.54. The first-order chi connectivity index (χ1) is 12.3. The van der Waals surface area contributed by atoms with Crippen molar-refractivity contribution in [2.75, 3.05) is 13.6 Å². The fraction of sp³-hybridized carbons (Fsp3) is 0.273. The molecule has 1 aliphatic rings. The molecular weight excluding hydrogens is 306 g/mol. The van der Waals surface area contributed by atoms with E-state index in [0.29, 0.717) is 6.04 Å². The van der Waals surface area contributed by atoms with E-state index in [4.69, 9.17) is 0 Å². The second-order valence-electron chi connectivity index (χ2n) is 6.82. The van der Waals surface area contributed by atoms with Crippen LogP contribution in [0.1, 0.15) is 30.9 Å². The molecule has 0 amide bonds. The van der Waals surface area contributed by atoms with Crippen molar-refractivity contribution in [3.8, 4) is 22.3 Å². The zero-order chi connectivity index (χ0) is 17.1. The number of benzene rings is 2.